The number of nitrogens with one attached hydrogen (secondary N) is 1. The lowest BCUT2D eigenvalue weighted by Gasteiger charge is -2.24. The van der Waals surface area contributed by atoms with Gasteiger partial charge in [0.05, 0.1) is 11.4 Å². The molecule has 0 spiro atoms. The van der Waals surface area contributed by atoms with Crippen molar-refractivity contribution in [2.24, 2.45) is 0 Å². The molecule has 0 bridgehead atoms. The smallest absolute Gasteiger partial charge is 0.158 e. The van der Waals surface area contributed by atoms with Gasteiger partial charge in [-0.1, -0.05) is 69.3 Å². The quantitative estimate of drug-likeness (QED) is 0.433. The Morgan fingerprint density at radius 2 is 1.46 bits per heavy atom. The maximum absolute atomic E-state index is 6.20. The Morgan fingerprint density at radius 1 is 0.750 bits per heavy atom. The topological polar surface area (TPSA) is 21.3 Å². The van der Waals surface area contributed by atoms with Crippen molar-refractivity contribution in [3.63, 3.8) is 0 Å². The van der Waals surface area contributed by atoms with E-state index in [2.05, 4.69) is 68.6 Å². The van der Waals surface area contributed by atoms with Crippen LogP contribution in [0.3, 0.4) is 0 Å². The minimum atomic E-state index is 0.158. The van der Waals surface area contributed by atoms with Gasteiger partial charge in [-0.15, -0.1) is 0 Å². The first-order valence-corrected chi connectivity index (χ1v) is 8.30. The van der Waals surface area contributed by atoms with Crippen LogP contribution in [0.15, 0.2) is 66.7 Å². The van der Waals surface area contributed by atoms with Gasteiger partial charge in [0.1, 0.15) is 0 Å². The first kappa shape index (κ1) is 14.8. The Balaban J connectivity index is 1.76. The Bertz CT molecular complexity index is 889. The van der Waals surface area contributed by atoms with E-state index in [9.17, 15) is 0 Å². The Hall–Kier alpha value is -2.74. The fourth-order valence-electron chi connectivity index (χ4n) is 3.04. The van der Waals surface area contributed by atoms with E-state index in [4.69, 9.17) is 4.74 Å². The monoisotopic (exact) mass is 315 g/mol. The number of hydrogen-bond acceptors (Lipinski definition) is 2. The first-order chi connectivity index (χ1) is 11.5. The van der Waals surface area contributed by atoms with E-state index in [-0.39, 0.29) is 5.41 Å². The summed E-state index contributed by atoms with van der Waals surface area (Å²) in [7, 11) is 0. The number of hydrogen-bond donors (Lipinski definition) is 1. The summed E-state index contributed by atoms with van der Waals surface area (Å²) in [4.78, 5) is 0. The second-order valence-electron chi connectivity index (χ2n) is 7.23. The molecule has 2 heteroatoms. The summed E-state index contributed by atoms with van der Waals surface area (Å²) in [6.45, 7) is 6.70. The molecule has 1 aliphatic heterocycles. The van der Waals surface area contributed by atoms with Gasteiger partial charge in [0.2, 0.25) is 0 Å². The highest BCUT2D eigenvalue weighted by Gasteiger charge is 2.20. The van der Waals surface area contributed by atoms with Crippen LogP contribution in [0.1, 0.15) is 26.3 Å². The third-order valence-corrected chi connectivity index (χ3v) is 4.45. The van der Waals surface area contributed by atoms with Crippen molar-refractivity contribution < 1.29 is 4.74 Å². The summed E-state index contributed by atoms with van der Waals surface area (Å²) in [6.07, 6.45) is 0. The minimum absolute atomic E-state index is 0.158. The zero-order valence-electron chi connectivity index (χ0n) is 14.3. The van der Waals surface area contributed by atoms with Gasteiger partial charge in [0.15, 0.2) is 11.5 Å². The molecular formula is C22H21NO. The molecule has 0 amide bonds. The summed E-state index contributed by atoms with van der Waals surface area (Å²) in [5.41, 5.74) is 5.78. The Labute approximate surface area is 143 Å². The zero-order chi connectivity index (χ0) is 16.7. The van der Waals surface area contributed by atoms with Gasteiger partial charge in [0, 0.05) is 5.56 Å². The van der Waals surface area contributed by atoms with Crippen LogP contribution in [0.5, 0.6) is 11.5 Å². The third kappa shape index (κ3) is 2.54. The second-order valence-corrected chi connectivity index (χ2v) is 7.23. The van der Waals surface area contributed by atoms with E-state index in [0.29, 0.717) is 0 Å². The van der Waals surface area contributed by atoms with Crippen LogP contribution >= 0.6 is 0 Å². The van der Waals surface area contributed by atoms with Gasteiger partial charge in [-0.05, 0) is 34.7 Å². The van der Waals surface area contributed by atoms with Gasteiger partial charge in [0.25, 0.3) is 0 Å². The summed E-state index contributed by atoms with van der Waals surface area (Å²) >= 11 is 0. The highest BCUT2D eigenvalue weighted by Crippen LogP contribution is 2.46. The van der Waals surface area contributed by atoms with E-state index < -0.39 is 0 Å². The largest absolute Gasteiger partial charge is 0.452 e. The molecule has 120 valence electrons. The van der Waals surface area contributed by atoms with Crippen LogP contribution in [0, 0.1) is 0 Å². The van der Waals surface area contributed by atoms with Crippen LogP contribution in [-0.2, 0) is 5.41 Å². The van der Waals surface area contributed by atoms with Crippen LogP contribution in [0.2, 0.25) is 0 Å². The van der Waals surface area contributed by atoms with Gasteiger partial charge >= 0.3 is 0 Å². The lowest BCUT2D eigenvalue weighted by atomic mass is 9.86. The van der Waals surface area contributed by atoms with Crippen molar-refractivity contribution in [2.75, 3.05) is 5.32 Å². The Morgan fingerprint density at radius 3 is 2.21 bits per heavy atom. The van der Waals surface area contributed by atoms with Crippen molar-refractivity contribution in [1.29, 1.82) is 0 Å². The number of ether oxygens (including phenoxy) is 1. The number of rotatable bonds is 1. The third-order valence-electron chi connectivity index (χ3n) is 4.45. The maximum Gasteiger partial charge on any atom is 0.158 e. The highest BCUT2D eigenvalue weighted by atomic mass is 16.5. The first-order valence-electron chi connectivity index (χ1n) is 8.30. The summed E-state index contributed by atoms with van der Waals surface area (Å²) in [5.74, 6) is 1.75. The second kappa shape index (κ2) is 5.41. The fraction of sp³-hybridized carbons (Fsp3) is 0.182. The molecule has 2 nitrogen and oxygen atoms in total. The molecule has 0 atom stereocenters. The van der Waals surface area contributed by atoms with Crippen molar-refractivity contribution in [3.8, 4) is 22.6 Å². The number of para-hydroxylation sites is 3. The number of anilines is 2. The average Bonchev–Trinajstić information content (AvgIpc) is 2.59. The molecule has 3 aromatic carbocycles. The summed E-state index contributed by atoms with van der Waals surface area (Å²) in [5, 5.41) is 3.46. The average molecular weight is 315 g/mol. The molecule has 0 aliphatic carbocycles. The SMILES string of the molecule is CC(C)(C)c1ccc(-c2cccc3c2Oc2ccccc2N3)cc1. The lowest BCUT2D eigenvalue weighted by Crippen LogP contribution is -2.10. The van der Waals surface area contributed by atoms with Gasteiger partial charge in [-0.2, -0.15) is 0 Å². The number of benzene rings is 3. The van der Waals surface area contributed by atoms with E-state index >= 15 is 0 Å². The predicted molar refractivity (Wildman–Crippen MR) is 100 cm³/mol. The molecule has 1 N–H and O–H groups in total. The molecule has 3 aromatic rings. The van der Waals surface area contributed by atoms with E-state index in [0.717, 1.165) is 28.4 Å². The lowest BCUT2D eigenvalue weighted by molar-refractivity contribution is 0.483. The maximum atomic E-state index is 6.20. The van der Waals surface area contributed by atoms with E-state index in [1.165, 1.54) is 11.1 Å². The van der Waals surface area contributed by atoms with Crippen molar-refractivity contribution in [3.05, 3.63) is 72.3 Å². The molecule has 0 radical (unpaired) electrons. The summed E-state index contributed by atoms with van der Waals surface area (Å²) in [6, 6.07) is 23.0. The van der Waals surface area contributed by atoms with Crippen LogP contribution < -0.4 is 10.1 Å². The molecule has 24 heavy (non-hydrogen) atoms. The van der Waals surface area contributed by atoms with Gasteiger partial charge < -0.3 is 10.1 Å². The van der Waals surface area contributed by atoms with Crippen LogP contribution in [0.4, 0.5) is 11.4 Å². The van der Waals surface area contributed by atoms with Gasteiger partial charge in [-0.25, -0.2) is 0 Å². The van der Waals surface area contributed by atoms with Crippen LogP contribution in [-0.4, -0.2) is 0 Å². The molecule has 0 fully saturated rings. The van der Waals surface area contributed by atoms with Gasteiger partial charge in [-0.3, -0.25) is 0 Å². The molecule has 0 aromatic heterocycles. The van der Waals surface area contributed by atoms with E-state index in [1.807, 2.05) is 24.3 Å². The molecule has 1 heterocycles. The molecule has 0 unspecified atom stereocenters. The summed E-state index contributed by atoms with van der Waals surface area (Å²) < 4.78 is 6.20. The number of fused-ring (bicyclic) bond motifs is 2. The fourth-order valence-corrected chi connectivity index (χ4v) is 3.04. The standard InChI is InChI=1S/C22H21NO/c1-22(2,3)16-13-11-15(12-14-16)17-7-6-9-19-21(17)24-20-10-5-4-8-18(20)23-19/h4-14,23H,1-3H3. The predicted octanol–water partition coefficient (Wildman–Crippen LogP) is 6.50. The minimum Gasteiger partial charge on any atom is -0.452 e. The van der Waals surface area contributed by atoms with Crippen molar-refractivity contribution in [2.45, 2.75) is 26.2 Å². The van der Waals surface area contributed by atoms with E-state index in [1.54, 1.807) is 0 Å². The molecule has 4 rings (SSSR count). The Kier molecular flexibility index (Phi) is 3.34. The molecule has 0 saturated heterocycles. The van der Waals surface area contributed by atoms with Crippen molar-refractivity contribution in [1.82, 2.24) is 0 Å². The molecular weight excluding hydrogens is 294 g/mol. The highest BCUT2D eigenvalue weighted by molar-refractivity contribution is 5.84. The molecule has 1 aliphatic rings. The normalized spacial score (nSPS) is 12.6. The van der Waals surface area contributed by atoms with Crippen molar-refractivity contribution >= 4 is 11.4 Å². The van der Waals surface area contributed by atoms with Crippen LogP contribution in [0.25, 0.3) is 11.1 Å². The zero-order valence-corrected chi connectivity index (χ0v) is 14.3. The molecule has 0 saturated carbocycles.